The van der Waals surface area contributed by atoms with Gasteiger partial charge in [0.2, 0.25) is 0 Å². The number of hydrogen-bond acceptors (Lipinski definition) is 17. The highest BCUT2D eigenvalue weighted by Crippen LogP contribution is 2.36. The maximum Gasteiger partial charge on any atom is 0.303 e. The number of ether oxygens (including phenoxy) is 10. The highest BCUT2D eigenvalue weighted by molar-refractivity contribution is 9.09. The van der Waals surface area contributed by atoms with Crippen molar-refractivity contribution < 1.29 is 80.9 Å². The molecule has 0 radical (unpaired) electrons. The van der Waals surface area contributed by atoms with Gasteiger partial charge in [0.25, 0.3) is 0 Å². The zero-order valence-corrected chi connectivity index (χ0v) is 26.6. The van der Waals surface area contributed by atoms with E-state index in [2.05, 4.69) is 15.9 Å². The van der Waals surface area contributed by atoms with Crippen molar-refractivity contribution in [3.05, 3.63) is 0 Å². The molecule has 2 aliphatic rings. The first kappa shape index (κ1) is 36.8. The Balaban J connectivity index is 2.66. The summed E-state index contributed by atoms with van der Waals surface area (Å²) in [6, 6.07) is 0. The second-order valence-corrected chi connectivity index (χ2v) is 10.5. The van der Waals surface area contributed by atoms with Gasteiger partial charge in [-0.1, -0.05) is 15.9 Å². The van der Waals surface area contributed by atoms with Crippen LogP contribution in [-0.2, 0) is 80.9 Å². The molecule has 2 fully saturated rings. The first-order chi connectivity index (χ1) is 20.5. The molecular formula is C26H35BrO17. The van der Waals surface area contributed by atoms with Gasteiger partial charge in [-0.3, -0.25) is 33.6 Å². The maximum atomic E-state index is 12.2. The quantitative estimate of drug-likeness (QED) is 0.158. The van der Waals surface area contributed by atoms with E-state index in [1.165, 1.54) is 0 Å². The van der Waals surface area contributed by atoms with Gasteiger partial charge in [0, 0.05) is 48.5 Å². The highest BCUT2D eigenvalue weighted by Gasteiger charge is 2.57. The standard InChI is InChI=1S/C26H35BrO17/c1-10(28)35-8-17-20(21(38-13(4)31)23(25(27)42-17)40-15(6)33)44-26-24(41-16(7)34)22(39-14(5)32)19(37-12(3)30)18(43-26)9-36-11(2)29/h17-26H,8-9H2,1-7H3/t17-,18-,19+,20-,21+,22+,23-,24-,25+,26+/m1/s1. The summed E-state index contributed by atoms with van der Waals surface area (Å²) >= 11 is 3.23. The van der Waals surface area contributed by atoms with Gasteiger partial charge in [-0.05, 0) is 0 Å². The van der Waals surface area contributed by atoms with Gasteiger partial charge < -0.3 is 47.4 Å². The Hall–Kier alpha value is -3.35. The van der Waals surface area contributed by atoms with Crippen LogP contribution < -0.4 is 0 Å². The number of hydrogen-bond donors (Lipinski definition) is 0. The smallest absolute Gasteiger partial charge is 0.303 e. The monoisotopic (exact) mass is 698 g/mol. The summed E-state index contributed by atoms with van der Waals surface area (Å²) in [4.78, 5) is 83.8. The summed E-state index contributed by atoms with van der Waals surface area (Å²) in [7, 11) is 0. The van der Waals surface area contributed by atoms with Crippen LogP contribution in [0.15, 0.2) is 0 Å². The number of carbonyl (C=O) groups is 7. The van der Waals surface area contributed by atoms with Crippen molar-refractivity contribution in [3.63, 3.8) is 0 Å². The second kappa shape index (κ2) is 16.6. The largest absolute Gasteiger partial charge is 0.463 e. The molecule has 248 valence electrons. The molecule has 2 saturated heterocycles. The second-order valence-electron chi connectivity index (χ2n) is 9.64. The van der Waals surface area contributed by atoms with Crippen molar-refractivity contribution in [3.8, 4) is 0 Å². The van der Waals surface area contributed by atoms with E-state index in [-0.39, 0.29) is 0 Å². The SMILES string of the molecule is CC(=O)OC[C@H]1O[C@@H](O[C@H]2[C@H](OC(C)=O)[C@@H](OC(C)=O)[C@@H](Br)O[C@@H]2COC(C)=O)[C@H](OC(C)=O)[C@@H](OC(C)=O)[C@H]1OC(C)=O. The predicted octanol–water partition coefficient (Wildman–Crippen LogP) is 0.00100. The van der Waals surface area contributed by atoms with Crippen LogP contribution in [0.1, 0.15) is 48.5 Å². The molecule has 17 nitrogen and oxygen atoms in total. The molecule has 0 aromatic carbocycles. The van der Waals surface area contributed by atoms with Gasteiger partial charge in [0.1, 0.15) is 31.5 Å². The molecule has 44 heavy (non-hydrogen) atoms. The normalized spacial score (nSPS) is 31.5. The lowest BCUT2D eigenvalue weighted by molar-refractivity contribution is -0.341. The summed E-state index contributed by atoms with van der Waals surface area (Å²) in [5, 5.41) is -1.09. The van der Waals surface area contributed by atoms with E-state index < -0.39 is 115 Å². The summed E-state index contributed by atoms with van der Waals surface area (Å²) < 4.78 is 55.2. The Kier molecular flexibility index (Phi) is 13.9. The van der Waals surface area contributed by atoms with Crippen LogP contribution in [0, 0.1) is 0 Å². The molecule has 0 bridgehead atoms. The van der Waals surface area contributed by atoms with Gasteiger partial charge in [-0.15, -0.1) is 0 Å². The lowest BCUT2D eigenvalue weighted by atomic mass is 9.96. The molecule has 18 heteroatoms. The lowest BCUT2D eigenvalue weighted by Gasteiger charge is -2.48. The number of halogens is 1. The van der Waals surface area contributed by atoms with E-state index in [9.17, 15) is 33.6 Å². The molecule has 2 aliphatic heterocycles. The van der Waals surface area contributed by atoms with Crippen LogP contribution in [0.2, 0.25) is 0 Å². The lowest BCUT2D eigenvalue weighted by Crippen LogP contribution is -2.66. The molecule has 10 atom stereocenters. The van der Waals surface area contributed by atoms with Gasteiger partial charge in [-0.2, -0.15) is 0 Å². The van der Waals surface area contributed by atoms with E-state index in [4.69, 9.17) is 47.4 Å². The molecule has 0 spiro atoms. The van der Waals surface area contributed by atoms with E-state index in [0.29, 0.717) is 0 Å². The first-order valence-electron chi connectivity index (χ1n) is 13.2. The molecular weight excluding hydrogens is 664 g/mol. The summed E-state index contributed by atoms with van der Waals surface area (Å²) in [6.07, 6.45) is -13.2. The fourth-order valence-electron chi connectivity index (χ4n) is 4.46. The van der Waals surface area contributed by atoms with E-state index in [1.807, 2.05) is 0 Å². The third-order valence-electron chi connectivity index (χ3n) is 5.87. The average Bonchev–Trinajstić information content (AvgIpc) is 2.87. The van der Waals surface area contributed by atoms with Crippen molar-refractivity contribution >= 4 is 57.7 Å². The van der Waals surface area contributed by atoms with Crippen LogP contribution in [0.3, 0.4) is 0 Å². The number of carbonyl (C=O) groups excluding carboxylic acids is 7. The molecule has 0 unspecified atom stereocenters. The van der Waals surface area contributed by atoms with Crippen molar-refractivity contribution in [2.24, 2.45) is 0 Å². The van der Waals surface area contributed by atoms with E-state index >= 15 is 0 Å². The molecule has 0 N–H and O–H groups in total. The van der Waals surface area contributed by atoms with Crippen LogP contribution in [-0.4, -0.2) is 115 Å². The summed E-state index contributed by atoms with van der Waals surface area (Å²) in [5.41, 5.74) is 0. The fourth-order valence-corrected chi connectivity index (χ4v) is 5.15. The Morgan fingerprint density at radius 1 is 0.477 bits per heavy atom. The number of rotatable bonds is 11. The topological polar surface area (TPSA) is 212 Å². The van der Waals surface area contributed by atoms with Crippen LogP contribution in [0.5, 0.6) is 0 Å². The third kappa shape index (κ3) is 11.0. The Labute approximate surface area is 260 Å². The molecule has 0 amide bonds. The minimum absolute atomic E-state index is 0.460. The van der Waals surface area contributed by atoms with Gasteiger partial charge in [0.05, 0.1) is 0 Å². The van der Waals surface area contributed by atoms with Crippen LogP contribution in [0.4, 0.5) is 0 Å². The first-order valence-corrected chi connectivity index (χ1v) is 14.1. The van der Waals surface area contributed by atoms with Crippen molar-refractivity contribution in [2.45, 2.75) is 109 Å². The molecule has 0 aromatic heterocycles. The van der Waals surface area contributed by atoms with E-state index in [1.54, 1.807) is 0 Å². The zero-order chi connectivity index (χ0) is 33.3. The Morgan fingerprint density at radius 3 is 1.27 bits per heavy atom. The average molecular weight is 699 g/mol. The zero-order valence-electron chi connectivity index (χ0n) is 25.0. The Morgan fingerprint density at radius 2 is 0.841 bits per heavy atom. The molecule has 0 aliphatic carbocycles. The minimum atomic E-state index is -1.73. The van der Waals surface area contributed by atoms with Crippen molar-refractivity contribution in [1.82, 2.24) is 0 Å². The molecule has 2 rings (SSSR count). The fraction of sp³-hybridized carbons (Fsp3) is 0.731. The maximum absolute atomic E-state index is 12.2. The van der Waals surface area contributed by atoms with Crippen LogP contribution >= 0.6 is 15.9 Å². The molecule has 0 aromatic rings. The van der Waals surface area contributed by atoms with Gasteiger partial charge in [-0.25, -0.2) is 0 Å². The third-order valence-corrected chi connectivity index (χ3v) is 6.61. The van der Waals surface area contributed by atoms with E-state index in [0.717, 1.165) is 48.5 Å². The van der Waals surface area contributed by atoms with Crippen molar-refractivity contribution in [1.29, 1.82) is 0 Å². The van der Waals surface area contributed by atoms with Gasteiger partial charge >= 0.3 is 41.8 Å². The Bertz CT molecular complexity index is 1090. The molecule has 2 heterocycles. The van der Waals surface area contributed by atoms with Crippen molar-refractivity contribution in [2.75, 3.05) is 13.2 Å². The summed E-state index contributed by atoms with van der Waals surface area (Å²) in [6.45, 7) is 6.57. The van der Waals surface area contributed by atoms with Gasteiger partial charge in [0.15, 0.2) is 41.8 Å². The number of alkyl halides is 1. The predicted molar refractivity (Wildman–Crippen MR) is 142 cm³/mol. The highest BCUT2D eigenvalue weighted by atomic mass is 79.9. The summed E-state index contributed by atoms with van der Waals surface area (Å²) in [5.74, 6) is -5.63. The number of esters is 7. The minimum Gasteiger partial charge on any atom is -0.463 e. The molecule has 0 saturated carbocycles. The van der Waals surface area contributed by atoms with Crippen LogP contribution in [0.25, 0.3) is 0 Å².